The van der Waals surface area contributed by atoms with Crippen molar-refractivity contribution >= 4 is 0 Å². The van der Waals surface area contributed by atoms with Gasteiger partial charge in [0.1, 0.15) is 0 Å². The highest BCUT2D eigenvalue weighted by atomic mass is 16.5. The predicted octanol–water partition coefficient (Wildman–Crippen LogP) is 1.86. The van der Waals surface area contributed by atoms with Gasteiger partial charge in [0.2, 0.25) is 0 Å². The van der Waals surface area contributed by atoms with E-state index in [1.54, 1.807) is 14.2 Å². The van der Waals surface area contributed by atoms with Crippen LogP contribution in [0.3, 0.4) is 0 Å². The Morgan fingerprint density at radius 3 is 2.52 bits per heavy atom. The molecule has 5 heteroatoms. The smallest absolute Gasteiger partial charge is 0.165 e. The highest BCUT2D eigenvalue weighted by Crippen LogP contribution is 2.31. The van der Waals surface area contributed by atoms with Gasteiger partial charge in [0.05, 0.1) is 20.8 Å². The first kappa shape index (κ1) is 16.6. The normalized spacial score (nSPS) is 23.1. The van der Waals surface area contributed by atoms with Crippen LogP contribution in [0.1, 0.15) is 12.0 Å². The van der Waals surface area contributed by atoms with Crippen LogP contribution in [0, 0.1) is 5.92 Å². The zero-order chi connectivity index (χ0) is 16.1. The van der Waals surface area contributed by atoms with Crippen LogP contribution in [-0.2, 0) is 11.3 Å². The van der Waals surface area contributed by atoms with E-state index in [9.17, 15) is 0 Å². The van der Waals surface area contributed by atoms with Gasteiger partial charge in [0.25, 0.3) is 0 Å². The van der Waals surface area contributed by atoms with Crippen LogP contribution in [0.15, 0.2) is 18.2 Å². The number of ether oxygens (including phenoxy) is 3. The minimum atomic E-state index is 0.736. The average molecular weight is 320 g/mol. The lowest BCUT2D eigenvalue weighted by atomic mass is 10.1. The summed E-state index contributed by atoms with van der Waals surface area (Å²) in [6, 6.07) is 6.11. The molecular formula is C18H28N2O3. The number of methoxy groups -OCH3 is 2. The second-order valence-corrected chi connectivity index (χ2v) is 6.46. The van der Waals surface area contributed by atoms with Gasteiger partial charge >= 0.3 is 0 Å². The largest absolute Gasteiger partial charge is 0.493 e. The van der Waals surface area contributed by atoms with Crippen LogP contribution in [0.5, 0.6) is 11.5 Å². The third-order valence-corrected chi connectivity index (χ3v) is 4.88. The molecule has 23 heavy (non-hydrogen) atoms. The van der Waals surface area contributed by atoms with Gasteiger partial charge in [-0.15, -0.1) is 0 Å². The molecule has 1 aromatic rings. The molecule has 0 radical (unpaired) electrons. The number of hydrogen-bond donors (Lipinski definition) is 0. The lowest BCUT2D eigenvalue weighted by molar-refractivity contribution is 0.106. The molecule has 0 spiro atoms. The van der Waals surface area contributed by atoms with Crippen molar-refractivity contribution in [2.45, 2.75) is 13.0 Å². The first-order valence-corrected chi connectivity index (χ1v) is 8.52. The van der Waals surface area contributed by atoms with Gasteiger partial charge in [-0.3, -0.25) is 4.90 Å². The Morgan fingerprint density at radius 1 is 1.09 bits per heavy atom. The van der Waals surface area contributed by atoms with E-state index in [4.69, 9.17) is 14.2 Å². The van der Waals surface area contributed by atoms with Gasteiger partial charge < -0.3 is 19.1 Å². The second-order valence-electron chi connectivity index (χ2n) is 6.46. The van der Waals surface area contributed by atoms with E-state index >= 15 is 0 Å². The molecule has 3 rings (SSSR count). The quantitative estimate of drug-likeness (QED) is 0.799. The van der Waals surface area contributed by atoms with Gasteiger partial charge in [-0.25, -0.2) is 0 Å². The summed E-state index contributed by atoms with van der Waals surface area (Å²) >= 11 is 0. The molecule has 0 aliphatic carbocycles. The van der Waals surface area contributed by atoms with Crippen molar-refractivity contribution in [1.29, 1.82) is 0 Å². The summed E-state index contributed by atoms with van der Waals surface area (Å²) in [5.74, 6) is 2.41. The molecule has 2 aliphatic rings. The van der Waals surface area contributed by atoms with Crippen LogP contribution in [-0.4, -0.2) is 70.0 Å². The highest BCUT2D eigenvalue weighted by molar-refractivity contribution is 5.46. The van der Waals surface area contributed by atoms with Crippen molar-refractivity contribution in [1.82, 2.24) is 9.80 Å². The van der Waals surface area contributed by atoms with Gasteiger partial charge in [-0.1, -0.05) is 12.1 Å². The molecule has 2 aliphatic heterocycles. The number of hydrogen-bond acceptors (Lipinski definition) is 5. The fraction of sp³-hybridized carbons (Fsp3) is 0.667. The second kappa shape index (κ2) is 7.99. The van der Waals surface area contributed by atoms with Crippen molar-refractivity contribution < 1.29 is 14.2 Å². The molecule has 2 saturated heterocycles. The number of piperazine rings is 1. The molecule has 0 saturated carbocycles. The molecule has 5 nitrogen and oxygen atoms in total. The molecule has 0 amide bonds. The lowest BCUT2D eigenvalue weighted by Gasteiger charge is -2.36. The minimum Gasteiger partial charge on any atom is -0.493 e. The molecule has 0 unspecified atom stereocenters. The van der Waals surface area contributed by atoms with Crippen LogP contribution in [0.2, 0.25) is 0 Å². The topological polar surface area (TPSA) is 34.2 Å². The maximum atomic E-state index is 5.54. The Hall–Kier alpha value is -1.30. The highest BCUT2D eigenvalue weighted by Gasteiger charge is 2.23. The summed E-state index contributed by atoms with van der Waals surface area (Å²) in [7, 11) is 3.40. The molecule has 2 fully saturated rings. The SMILES string of the molecule is COc1cccc(CN2CCN(C[C@H]3CCOC3)CC2)c1OC. The monoisotopic (exact) mass is 320 g/mol. The van der Waals surface area contributed by atoms with Crippen molar-refractivity contribution in [3.8, 4) is 11.5 Å². The van der Waals surface area contributed by atoms with Gasteiger partial charge in [-0.2, -0.15) is 0 Å². The van der Waals surface area contributed by atoms with Crippen molar-refractivity contribution in [3.63, 3.8) is 0 Å². The number of nitrogens with zero attached hydrogens (tertiary/aromatic N) is 2. The fourth-order valence-electron chi connectivity index (χ4n) is 3.54. The van der Waals surface area contributed by atoms with E-state index in [0.29, 0.717) is 0 Å². The maximum absolute atomic E-state index is 5.54. The Balaban J connectivity index is 1.52. The van der Waals surface area contributed by atoms with Gasteiger partial charge in [0.15, 0.2) is 11.5 Å². The number of para-hydroxylation sites is 1. The van der Waals surface area contributed by atoms with E-state index in [-0.39, 0.29) is 0 Å². The minimum absolute atomic E-state index is 0.736. The Morgan fingerprint density at radius 2 is 1.87 bits per heavy atom. The molecule has 128 valence electrons. The third-order valence-electron chi connectivity index (χ3n) is 4.88. The van der Waals surface area contributed by atoms with E-state index in [1.165, 1.54) is 18.5 Å². The Bertz CT molecular complexity index is 495. The standard InChI is InChI=1S/C18H28N2O3/c1-21-17-5-3-4-16(18(17)22-2)13-20-9-7-19(8-10-20)12-15-6-11-23-14-15/h3-5,15H,6-14H2,1-2H3/t15-/m1/s1. The molecule has 1 atom stereocenters. The fourth-order valence-corrected chi connectivity index (χ4v) is 3.54. The zero-order valence-electron chi connectivity index (χ0n) is 14.3. The molecule has 0 aromatic heterocycles. The zero-order valence-corrected chi connectivity index (χ0v) is 14.3. The summed E-state index contributed by atoms with van der Waals surface area (Å²) in [6.45, 7) is 8.49. The van der Waals surface area contributed by atoms with Crippen LogP contribution in [0.25, 0.3) is 0 Å². The van der Waals surface area contributed by atoms with Crippen LogP contribution >= 0.6 is 0 Å². The van der Waals surface area contributed by atoms with Crippen molar-refractivity contribution in [2.24, 2.45) is 5.92 Å². The first-order valence-electron chi connectivity index (χ1n) is 8.52. The van der Waals surface area contributed by atoms with Gasteiger partial charge in [0, 0.05) is 51.4 Å². The van der Waals surface area contributed by atoms with E-state index in [2.05, 4.69) is 15.9 Å². The molecule has 2 heterocycles. The Labute approximate surface area is 139 Å². The summed E-state index contributed by atoms with van der Waals surface area (Å²) in [5.41, 5.74) is 1.20. The molecule has 1 aromatic carbocycles. The average Bonchev–Trinajstić information content (AvgIpc) is 3.09. The summed E-state index contributed by atoms with van der Waals surface area (Å²) in [4.78, 5) is 5.08. The van der Waals surface area contributed by atoms with Crippen molar-refractivity contribution in [3.05, 3.63) is 23.8 Å². The number of benzene rings is 1. The van der Waals surface area contributed by atoms with Crippen LogP contribution in [0.4, 0.5) is 0 Å². The third kappa shape index (κ3) is 4.16. The number of rotatable bonds is 6. The van der Waals surface area contributed by atoms with Crippen LogP contribution < -0.4 is 9.47 Å². The molecular weight excluding hydrogens is 292 g/mol. The summed E-state index contributed by atoms with van der Waals surface area (Å²) in [5, 5.41) is 0. The van der Waals surface area contributed by atoms with Crippen molar-refractivity contribution in [2.75, 3.05) is 60.2 Å². The van der Waals surface area contributed by atoms with E-state index in [0.717, 1.165) is 63.4 Å². The Kier molecular flexibility index (Phi) is 5.75. The summed E-state index contributed by atoms with van der Waals surface area (Å²) in [6.07, 6.45) is 1.22. The van der Waals surface area contributed by atoms with Gasteiger partial charge in [-0.05, 0) is 18.4 Å². The lowest BCUT2D eigenvalue weighted by Crippen LogP contribution is -2.47. The first-order chi connectivity index (χ1) is 11.3. The van der Waals surface area contributed by atoms with E-state index in [1.807, 2.05) is 12.1 Å². The van der Waals surface area contributed by atoms with E-state index < -0.39 is 0 Å². The molecule has 0 bridgehead atoms. The summed E-state index contributed by atoms with van der Waals surface area (Å²) < 4.78 is 16.4. The molecule has 0 N–H and O–H groups in total. The predicted molar refractivity (Wildman–Crippen MR) is 90.2 cm³/mol. The maximum Gasteiger partial charge on any atom is 0.165 e.